The van der Waals surface area contributed by atoms with Crippen LogP contribution in [0.3, 0.4) is 0 Å². The second-order valence-electron chi connectivity index (χ2n) is 7.92. The summed E-state index contributed by atoms with van der Waals surface area (Å²) in [5, 5.41) is 29.2. The van der Waals surface area contributed by atoms with Gasteiger partial charge in [0.25, 0.3) is 0 Å². The number of hydrogen-bond acceptors (Lipinski definition) is 4. The minimum absolute atomic E-state index is 0.107. The molecule has 1 heterocycles. The van der Waals surface area contributed by atoms with Crippen LogP contribution < -0.4 is 0 Å². The molecular formula is C21H33FO5. The lowest BCUT2D eigenvalue weighted by Gasteiger charge is -2.15. The molecule has 0 spiro atoms. The molecular weight excluding hydrogens is 351 g/mol. The van der Waals surface area contributed by atoms with Gasteiger partial charge in [-0.15, -0.1) is 0 Å². The largest absolute Gasteiger partial charge is 0.491 e. The van der Waals surface area contributed by atoms with Gasteiger partial charge in [0.2, 0.25) is 0 Å². The molecule has 1 unspecified atom stereocenters. The summed E-state index contributed by atoms with van der Waals surface area (Å²) in [7, 11) is 0. The van der Waals surface area contributed by atoms with Gasteiger partial charge in [-0.05, 0) is 25.3 Å². The Labute approximate surface area is 160 Å². The maximum absolute atomic E-state index is 14.4. The standard InChI is InChI=1S/C21H33FO5/c1-3-4-5-6-14(23)8-9-15-16-11-20(27-19(16)12-18(15)24)17(22)10-7-13(2)21(25)26/h8-9,11,13-19,23-24H,3-7,10,12H2,1-2H3,(H,25,26)/b9-8+/t13?,14-,15+,16+,17-,18+,19-/m0/s1. The van der Waals surface area contributed by atoms with Gasteiger partial charge in [-0.1, -0.05) is 45.3 Å². The number of alkyl halides is 1. The first-order valence-corrected chi connectivity index (χ1v) is 10.1. The van der Waals surface area contributed by atoms with E-state index in [0.717, 1.165) is 19.3 Å². The Hall–Kier alpha value is -1.40. The number of halogens is 1. The zero-order chi connectivity index (χ0) is 20.0. The molecule has 27 heavy (non-hydrogen) atoms. The zero-order valence-corrected chi connectivity index (χ0v) is 16.3. The highest BCUT2D eigenvalue weighted by atomic mass is 19.1. The minimum Gasteiger partial charge on any atom is -0.491 e. The monoisotopic (exact) mass is 384 g/mol. The predicted molar refractivity (Wildman–Crippen MR) is 101 cm³/mol. The zero-order valence-electron chi connectivity index (χ0n) is 16.3. The van der Waals surface area contributed by atoms with Crippen molar-refractivity contribution in [2.75, 3.05) is 0 Å². The van der Waals surface area contributed by atoms with E-state index in [0.29, 0.717) is 12.8 Å². The molecule has 1 aliphatic carbocycles. The number of ether oxygens (including phenoxy) is 1. The van der Waals surface area contributed by atoms with Crippen LogP contribution in [0.15, 0.2) is 24.0 Å². The Morgan fingerprint density at radius 2 is 2.11 bits per heavy atom. The molecule has 1 fully saturated rings. The van der Waals surface area contributed by atoms with Gasteiger partial charge in [-0.2, -0.15) is 0 Å². The number of allylic oxidation sites excluding steroid dienone is 1. The molecule has 1 saturated carbocycles. The third-order valence-corrected chi connectivity index (χ3v) is 5.68. The molecule has 3 N–H and O–H groups in total. The highest BCUT2D eigenvalue weighted by Gasteiger charge is 2.46. The van der Waals surface area contributed by atoms with Gasteiger partial charge in [0.1, 0.15) is 11.9 Å². The van der Waals surface area contributed by atoms with Crippen LogP contribution in [0.2, 0.25) is 0 Å². The van der Waals surface area contributed by atoms with E-state index in [2.05, 4.69) is 6.92 Å². The van der Waals surface area contributed by atoms with Crippen molar-refractivity contribution in [2.45, 2.75) is 83.3 Å². The first-order chi connectivity index (χ1) is 12.8. The van der Waals surface area contributed by atoms with Crippen LogP contribution in [0.4, 0.5) is 4.39 Å². The topological polar surface area (TPSA) is 87.0 Å². The summed E-state index contributed by atoms with van der Waals surface area (Å²) in [6.45, 7) is 3.68. The Morgan fingerprint density at radius 1 is 1.37 bits per heavy atom. The number of carboxylic acids is 1. The van der Waals surface area contributed by atoms with Gasteiger partial charge in [-0.25, -0.2) is 4.39 Å². The summed E-state index contributed by atoms with van der Waals surface area (Å²) in [5.41, 5.74) is 0. The molecule has 0 aromatic rings. The number of carboxylic acid groups (broad SMARTS) is 1. The van der Waals surface area contributed by atoms with Crippen molar-refractivity contribution in [3.8, 4) is 0 Å². The molecule has 2 aliphatic rings. The number of rotatable bonds is 11. The summed E-state index contributed by atoms with van der Waals surface area (Å²) in [5.74, 6) is -1.55. The lowest BCUT2D eigenvalue weighted by molar-refractivity contribution is -0.141. The number of hydrogen-bond donors (Lipinski definition) is 3. The molecule has 0 bridgehead atoms. The fourth-order valence-corrected chi connectivity index (χ4v) is 3.86. The number of carbonyl (C=O) groups is 1. The fourth-order valence-electron chi connectivity index (χ4n) is 3.86. The number of aliphatic hydroxyl groups excluding tert-OH is 2. The van der Waals surface area contributed by atoms with Crippen molar-refractivity contribution >= 4 is 5.97 Å². The number of unbranched alkanes of at least 4 members (excludes halogenated alkanes) is 2. The molecule has 0 radical (unpaired) electrons. The van der Waals surface area contributed by atoms with Gasteiger partial charge in [-0.3, -0.25) is 4.79 Å². The smallest absolute Gasteiger partial charge is 0.306 e. The SMILES string of the molecule is CCCCC[C@H](O)/C=C/[C@@H]1[C@H]2C=C([C@@H](F)CCC(C)C(=O)O)O[C@H]2C[C@H]1O. The van der Waals surface area contributed by atoms with Crippen LogP contribution >= 0.6 is 0 Å². The van der Waals surface area contributed by atoms with Gasteiger partial charge in [0.05, 0.1) is 18.1 Å². The van der Waals surface area contributed by atoms with Crippen LogP contribution in [0.5, 0.6) is 0 Å². The van der Waals surface area contributed by atoms with Crippen LogP contribution in [0.1, 0.15) is 58.8 Å². The van der Waals surface area contributed by atoms with Crippen LogP contribution in [0.25, 0.3) is 0 Å². The van der Waals surface area contributed by atoms with Crippen molar-refractivity contribution in [1.29, 1.82) is 0 Å². The van der Waals surface area contributed by atoms with Crippen molar-refractivity contribution in [2.24, 2.45) is 17.8 Å². The van der Waals surface area contributed by atoms with Crippen molar-refractivity contribution < 1.29 is 29.2 Å². The van der Waals surface area contributed by atoms with E-state index in [1.165, 1.54) is 0 Å². The highest BCUT2D eigenvalue weighted by molar-refractivity contribution is 5.69. The average molecular weight is 384 g/mol. The van der Waals surface area contributed by atoms with Gasteiger partial charge in [0, 0.05) is 18.3 Å². The molecule has 5 nitrogen and oxygen atoms in total. The third-order valence-electron chi connectivity index (χ3n) is 5.68. The summed E-state index contributed by atoms with van der Waals surface area (Å²) in [6.07, 6.45) is 7.30. The van der Waals surface area contributed by atoms with E-state index < -0.39 is 30.3 Å². The fraction of sp³-hybridized carbons (Fsp3) is 0.762. The Balaban J connectivity index is 1.91. The molecule has 0 saturated heterocycles. The molecule has 6 heteroatoms. The van der Waals surface area contributed by atoms with E-state index >= 15 is 0 Å². The van der Waals surface area contributed by atoms with Crippen molar-refractivity contribution in [3.63, 3.8) is 0 Å². The summed E-state index contributed by atoms with van der Waals surface area (Å²) in [4.78, 5) is 10.9. The Bertz CT molecular complexity index is 547. The first-order valence-electron chi connectivity index (χ1n) is 10.1. The first kappa shape index (κ1) is 21.9. The second kappa shape index (κ2) is 10.2. The quantitative estimate of drug-likeness (QED) is 0.374. The summed E-state index contributed by atoms with van der Waals surface area (Å²) >= 11 is 0. The molecule has 1 aliphatic heterocycles. The van der Waals surface area contributed by atoms with E-state index in [1.54, 1.807) is 19.1 Å². The third kappa shape index (κ3) is 6.04. The highest BCUT2D eigenvalue weighted by Crippen LogP contribution is 2.43. The van der Waals surface area contributed by atoms with Crippen LogP contribution in [0, 0.1) is 17.8 Å². The van der Waals surface area contributed by atoms with E-state index in [4.69, 9.17) is 9.84 Å². The van der Waals surface area contributed by atoms with Crippen molar-refractivity contribution in [1.82, 2.24) is 0 Å². The average Bonchev–Trinajstić information content (AvgIpc) is 3.15. The maximum Gasteiger partial charge on any atom is 0.306 e. The lowest BCUT2D eigenvalue weighted by Crippen LogP contribution is -2.17. The van der Waals surface area contributed by atoms with E-state index in [1.807, 2.05) is 6.08 Å². The molecule has 0 aromatic carbocycles. The normalized spacial score (nSPS) is 30.6. The molecule has 154 valence electrons. The summed E-state index contributed by atoms with van der Waals surface area (Å²) in [6, 6.07) is 0. The van der Waals surface area contributed by atoms with Crippen LogP contribution in [-0.2, 0) is 9.53 Å². The summed E-state index contributed by atoms with van der Waals surface area (Å²) < 4.78 is 20.2. The van der Waals surface area contributed by atoms with Gasteiger partial charge in [0.15, 0.2) is 6.17 Å². The minimum atomic E-state index is -1.32. The molecule has 0 amide bonds. The Kier molecular flexibility index (Phi) is 8.29. The van der Waals surface area contributed by atoms with Crippen LogP contribution in [-0.4, -0.2) is 45.8 Å². The van der Waals surface area contributed by atoms with E-state index in [-0.39, 0.29) is 36.5 Å². The number of aliphatic hydroxyl groups is 2. The van der Waals surface area contributed by atoms with Gasteiger partial charge >= 0.3 is 5.97 Å². The maximum atomic E-state index is 14.4. The predicted octanol–water partition coefficient (Wildman–Crippen LogP) is 3.60. The van der Waals surface area contributed by atoms with Gasteiger partial charge < -0.3 is 20.1 Å². The molecule has 2 rings (SSSR count). The van der Waals surface area contributed by atoms with Crippen molar-refractivity contribution in [3.05, 3.63) is 24.0 Å². The Morgan fingerprint density at radius 3 is 2.78 bits per heavy atom. The number of aliphatic carboxylic acids is 1. The lowest BCUT2D eigenvalue weighted by atomic mass is 9.92. The number of fused-ring (bicyclic) bond motifs is 1. The second-order valence-corrected chi connectivity index (χ2v) is 7.92. The van der Waals surface area contributed by atoms with E-state index in [9.17, 15) is 19.4 Å². The molecule has 0 aromatic heterocycles. The molecule has 7 atom stereocenters.